The molecule has 3 N–H and O–H groups in total. The molecule has 0 saturated heterocycles. The minimum Gasteiger partial charge on any atom is -0.315 e. The highest BCUT2D eigenvalue weighted by Crippen LogP contribution is 2.16. The monoisotopic (exact) mass is 261 g/mol. The van der Waals surface area contributed by atoms with Gasteiger partial charge in [-0.25, -0.2) is 0 Å². The smallest absolute Gasteiger partial charge is 0.304 e. The summed E-state index contributed by atoms with van der Waals surface area (Å²) in [6.45, 7) is 3.49. The fourth-order valence-electron chi connectivity index (χ4n) is 2.20. The third-order valence-corrected chi connectivity index (χ3v) is 3.84. The van der Waals surface area contributed by atoms with E-state index in [2.05, 4.69) is 33.8 Å². The number of hydrogen-bond acceptors (Lipinski definition) is 4. The Morgan fingerprint density at radius 2 is 2.11 bits per heavy atom. The highest BCUT2D eigenvalue weighted by Gasteiger charge is 2.09. The van der Waals surface area contributed by atoms with E-state index in [1.807, 2.05) is 5.38 Å². The first kappa shape index (κ1) is 11.6. The minimum absolute atomic E-state index is 0.00963. The van der Waals surface area contributed by atoms with E-state index >= 15 is 0 Å². The van der Waals surface area contributed by atoms with Crippen molar-refractivity contribution in [3.05, 3.63) is 55.6 Å². The fourth-order valence-corrected chi connectivity index (χ4v) is 2.78. The molecule has 5 heteroatoms. The number of hydrogen-bond donors (Lipinski definition) is 3. The standard InChI is InChI=1S/C13H15N3OS/c17-13-16-12(8-18-13)7-14-4-9-1-2-10-5-15-6-11(10)3-9/h1-3,8,14-15H,4-7H2,(H,16,17). The maximum absolute atomic E-state index is 11.0. The van der Waals surface area contributed by atoms with Gasteiger partial charge in [-0.1, -0.05) is 29.5 Å². The molecule has 2 heterocycles. The average molecular weight is 261 g/mol. The van der Waals surface area contributed by atoms with Crippen molar-refractivity contribution >= 4 is 11.3 Å². The number of benzene rings is 1. The summed E-state index contributed by atoms with van der Waals surface area (Å²) >= 11 is 1.21. The number of aromatic nitrogens is 1. The maximum Gasteiger partial charge on any atom is 0.304 e. The molecular weight excluding hydrogens is 246 g/mol. The van der Waals surface area contributed by atoms with Crippen molar-refractivity contribution in [3.63, 3.8) is 0 Å². The van der Waals surface area contributed by atoms with Crippen LogP contribution in [0.2, 0.25) is 0 Å². The van der Waals surface area contributed by atoms with Crippen LogP contribution in [0, 0.1) is 0 Å². The lowest BCUT2D eigenvalue weighted by Crippen LogP contribution is -2.14. The summed E-state index contributed by atoms with van der Waals surface area (Å²) < 4.78 is 0. The molecule has 1 aliphatic heterocycles. The minimum atomic E-state index is 0.00963. The number of nitrogens with one attached hydrogen (secondary N) is 3. The van der Waals surface area contributed by atoms with Gasteiger partial charge in [0.05, 0.1) is 0 Å². The van der Waals surface area contributed by atoms with Gasteiger partial charge in [0.15, 0.2) is 0 Å². The number of rotatable bonds is 4. The largest absolute Gasteiger partial charge is 0.315 e. The van der Waals surface area contributed by atoms with Crippen molar-refractivity contribution in [3.8, 4) is 0 Å². The van der Waals surface area contributed by atoms with Crippen molar-refractivity contribution in [2.24, 2.45) is 0 Å². The zero-order chi connectivity index (χ0) is 12.4. The van der Waals surface area contributed by atoms with Gasteiger partial charge in [-0.2, -0.15) is 0 Å². The first-order valence-electron chi connectivity index (χ1n) is 6.00. The molecule has 4 nitrogen and oxygen atoms in total. The lowest BCUT2D eigenvalue weighted by Gasteiger charge is -2.05. The summed E-state index contributed by atoms with van der Waals surface area (Å²) in [5.41, 5.74) is 5.04. The van der Waals surface area contributed by atoms with Gasteiger partial charge < -0.3 is 15.6 Å². The van der Waals surface area contributed by atoms with E-state index in [1.54, 1.807) is 0 Å². The van der Waals surface area contributed by atoms with Crippen molar-refractivity contribution in [2.45, 2.75) is 26.2 Å². The Bertz CT molecular complexity index is 602. The lowest BCUT2D eigenvalue weighted by molar-refractivity contribution is 0.681. The second kappa shape index (κ2) is 5.06. The summed E-state index contributed by atoms with van der Waals surface area (Å²) in [4.78, 5) is 13.8. The molecule has 1 aromatic carbocycles. The Hall–Kier alpha value is -1.43. The van der Waals surface area contributed by atoms with Gasteiger partial charge in [0, 0.05) is 37.3 Å². The SMILES string of the molecule is O=c1[nH]c(CNCc2ccc3c(c2)CNC3)cs1. The highest BCUT2D eigenvalue weighted by molar-refractivity contribution is 7.07. The third kappa shape index (κ3) is 2.53. The fraction of sp³-hybridized carbons (Fsp3) is 0.308. The van der Waals surface area contributed by atoms with Crippen LogP contribution in [0.15, 0.2) is 28.4 Å². The van der Waals surface area contributed by atoms with Gasteiger partial charge in [0.1, 0.15) is 0 Å². The van der Waals surface area contributed by atoms with Gasteiger partial charge in [0.25, 0.3) is 0 Å². The molecule has 0 aliphatic carbocycles. The van der Waals surface area contributed by atoms with Crippen LogP contribution in [-0.2, 0) is 26.2 Å². The molecule has 0 amide bonds. The molecular formula is C13H15N3OS. The Balaban J connectivity index is 1.58. The second-order valence-corrected chi connectivity index (χ2v) is 5.33. The van der Waals surface area contributed by atoms with Crippen LogP contribution < -0.4 is 15.5 Å². The number of aromatic amines is 1. The summed E-state index contributed by atoms with van der Waals surface area (Å²) in [7, 11) is 0. The van der Waals surface area contributed by atoms with Gasteiger partial charge >= 0.3 is 4.87 Å². The van der Waals surface area contributed by atoms with E-state index in [1.165, 1.54) is 28.0 Å². The molecule has 1 aromatic heterocycles. The quantitative estimate of drug-likeness (QED) is 0.778. The van der Waals surface area contributed by atoms with Crippen LogP contribution in [0.5, 0.6) is 0 Å². The summed E-state index contributed by atoms with van der Waals surface area (Å²) in [5, 5.41) is 8.54. The predicted octanol–water partition coefficient (Wildman–Crippen LogP) is 1.33. The van der Waals surface area contributed by atoms with Gasteiger partial charge in [-0.15, -0.1) is 0 Å². The van der Waals surface area contributed by atoms with Gasteiger partial charge in [-0.3, -0.25) is 4.79 Å². The third-order valence-electron chi connectivity index (χ3n) is 3.12. The molecule has 0 radical (unpaired) electrons. The number of fused-ring (bicyclic) bond motifs is 1. The molecule has 0 atom stereocenters. The topological polar surface area (TPSA) is 56.9 Å². The van der Waals surface area contributed by atoms with Crippen molar-refractivity contribution in [2.75, 3.05) is 0 Å². The van der Waals surface area contributed by atoms with E-state index in [0.717, 1.165) is 25.3 Å². The van der Waals surface area contributed by atoms with Crippen molar-refractivity contribution < 1.29 is 0 Å². The van der Waals surface area contributed by atoms with Gasteiger partial charge in [0.2, 0.25) is 0 Å². The molecule has 0 unspecified atom stereocenters. The normalized spacial score (nSPS) is 13.8. The Morgan fingerprint density at radius 1 is 1.22 bits per heavy atom. The van der Waals surface area contributed by atoms with E-state index < -0.39 is 0 Å². The van der Waals surface area contributed by atoms with E-state index in [9.17, 15) is 4.79 Å². The van der Waals surface area contributed by atoms with Crippen LogP contribution in [0.3, 0.4) is 0 Å². The van der Waals surface area contributed by atoms with Crippen LogP contribution in [0.25, 0.3) is 0 Å². The first-order valence-corrected chi connectivity index (χ1v) is 6.88. The van der Waals surface area contributed by atoms with Gasteiger partial charge in [-0.05, 0) is 16.7 Å². The molecule has 18 heavy (non-hydrogen) atoms. The van der Waals surface area contributed by atoms with Crippen molar-refractivity contribution in [1.82, 2.24) is 15.6 Å². The summed E-state index contributed by atoms with van der Waals surface area (Å²) in [6.07, 6.45) is 0. The highest BCUT2D eigenvalue weighted by atomic mass is 32.1. The van der Waals surface area contributed by atoms with Crippen LogP contribution >= 0.6 is 11.3 Å². The summed E-state index contributed by atoms with van der Waals surface area (Å²) in [6, 6.07) is 6.60. The molecule has 2 aromatic rings. The number of H-pyrrole nitrogens is 1. The molecule has 0 spiro atoms. The Kier molecular flexibility index (Phi) is 3.27. The molecule has 0 saturated carbocycles. The zero-order valence-electron chi connectivity index (χ0n) is 9.95. The molecule has 0 bridgehead atoms. The van der Waals surface area contributed by atoms with Crippen LogP contribution in [0.1, 0.15) is 22.4 Å². The lowest BCUT2D eigenvalue weighted by atomic mass is 10.1. The maximum atomic E-state index is 11.0. The molecule has 3 rings (SSSR count). The van der Waals surface area contributed by atoms with Crippen LogP contribution in [0.4, 0.5) is 0 Å². The van der Waals surface area contributed by atoms with Crippen molar-refractivity contribution in [1.29, 1.82) is 0 Å². The predicted molar refractivity (Wildman–Crippen MR) is 72.5 cm³/mol. The average Bonchev–Trinajstić information content (AvgIpc) is 2.97. The Morgan fingerprint density at radius 3 is 2.94 bits per heavy atom. The van der Waals surface area contributed by atoms with Crippen LogP contribution in [-0.4, -0.2) is 4.98 Å². The second-order valence-electron chi connectivity index (χ2n) is 4.48. The zero-order valence-corrected chi connectivity index (χ0v) is 10.8. The van der Waals surface area contributed by atoms with E-state index in [-0.39, 0.29) is 4.87 Å². The van der Waals surface area contributed by atoms with E-state index in [4.69, 9.17) is 0 Å². The first-order chi connectivity index (χ1) is 8.81. The molecule has 94 valence electrons. The summed E-state index contributed by atoms with van der Waals surface area (Å²) in [5.74, 6) is 0. The van der Waals surface area contributed by atoms with E-state index in [0.29, 0.717) is 6.54 Å². The molecule has 0 fully saturated rings. The molecule has 1 aliphatic rings. The number of thiazole rings is 1. The Labute approximate surface area is 109 Å².